The Kier molecular flexibility index (Phi) is 8.40. The minimum Gasteiger partial charge on any atom is -0.466 e. The number of fused-ring (bicyclic) bond motifs is 2. The highest BCUT2D eigenvalue weighted by Gasteiger charge is 2.76. The molecule has 6 atom stereocenters. The molecule has 0 radical (unpaired) electrons. The molecule has 2 aromatic carbocycles. The Labute approximate surface area is 242 Å². The number of ether oxygens (including phenoxy) is 1. The molecule has 1 N–H and O–H groups in total. The predicted molar refractivity (Wildman–Crippen MR) is 158 cm³/mol. The number of amides is 2. The third-order valence-corrected chi connectivity index (χ3v) is 11.5. The number of aliphatic hydroxyl groups is 1. The maximum atomic E-state index is 14.7. The Morgan fingerprint density at radius 1 is 1.23 bits per heavy atom. The van der Waals surface area contributed by atoms with E-state index in [1.807, 2.05) is 42.5 Å². The van der Waals surface area contributed by atoms with Crippen molar-refractivity contribution in [2.24, 2.45) is 11.8 Å². The van der Waals surface area contributed by atoms with Crippen molar-refractivity contribution in [1.29, 1.82) is 0 Å². The fourth-order valence-electron chi connectivity index (χ4n) is 6.67. The summed E-state index contributed by atoms with van der Waals surface area (Å²) in [6.45, 7) is 6.72. The largest absolute Gasteiger partial charge is 0.466 e. The summed E-state index contributed by atoms with van der Waals surface area (Å²) in [5.41, 5.74) is 0.751. The summed E-state index contributed by atoms with van der Waals surface area (Å²) < 4.78 is 4.72. The molecule has 3 fully saturated rings. The first-order chi connectivity index (χ1) is 18.9. The van der Waals surface area contributed by atoms with Crippen LogP contribution in [0.5, 0.6) is 0 Å². The molecule has 3 saturated heterocycles. The molecule has 208 valence electrons. The average Bonchev–Trinajstić information content (AvgIpc) is 3.52. The average molecular weight is 616 g/mol. The molecule has 2 amide bonds. The summed E-state index contributed by atoms with van der Waals surface area (Å²) in [6.07, 6.45) is 4.39. The Morgan fingerprint density at radius 2 is 2.00 bits per heavy atom. The molecule has 2 aromatic rings. The fourth-order valence-corrected chi connectivity index (χ4v) is 10.3. The quantitative estimate of drug-likeness (QED) is 0.173. The minimum absolute atomic E-state index is 0.000816. The van der Waals surface area contributed by atoms with Gasteiger partial charge < -0.3 is 19.6 Å². The lowest BCUT2D eigenvalue weighted by Gasteiger charge is -2.38. The van der Waals surface area contributed by atoms with Gasteiger partial charge in [-0.15, -0.1) is 18.3 Å². The van der Waals surface area contributed by atoms with E-state index in [0.717, 1.165) is 22.9 Å². The molecule has 0 saturated carbocycles. The second-order valence-corrected chi connectivity index (χ2v) is 13.2. The van der Waals surface area contributed by atoms with Gasteiger partial charge in [-0.1, -0.05) is 52.3 Å². The Balaban J connectivity index is 1.56. The summed E-state index contributed by atoms with van der Waals surface area (Å²) in [5, 5.41) is 11.2. The number of nitrogens with zero attached hydrogens (tertiary/aromatic N) is 2. The molecule has 0 aromatic heterocycles. The summed E-state index contributed by atoms with van der Waals surface area (Å²) in [6, 6.07) is 13.2. The molecule has 5 rings (SSSR count). The normalized spacial score (nSPS) is 29.1. The monoisotopic (exact) mass is 614 g/mol. The summed E-state index contributed by atoms with van der Waals surface area (Å²) in [5.74, 6) is -1.84. The highest BCUT2D eigenvalue weighted by molar-refractivity contribution is 9.09. The number of benzene rings is 2. The molecule has 9 heteroatoms. The standard InChI is InChI=1S/C30H35BrN2O5S/c1-3-14-32(21-13-12-19-10-6-7-11-20(19)17-21)28(36)26-30-18-22(31)25(39-30)23(29(37)38-4-2)24(30)27(35)33(26)15-8-5-9-16-34/h3,6-7,10-13,17,22-26,34H,1,4-5,8-9,14-16,18H2,2H3/t22?,23-,24+,25-,26?,30?/m1/s1. The van der Waals surface area contributed by atoms with Crippen molar-refractivity contribution in [1.82, 2.24) is 4.90 Å². The highest BCUT2D eigenvalue weighted by Crippen LogP contribution is 2.68. The Morgan fingerprint density at radius 3 is 2.72 bits per heavy atom. The van der Waals surface area contributed by atoms with E-state index in [-0.39, 0.29) is 41.1 Å². The van der Waals surface area contributed by atoms with E-state index >= 15 is 0 Å². The third kappa shape index (κ3) is 4.80. The number of aliphatic hydroxyl groups excluding tert-OH is 1. The lowest BCUT2D eigenvalue weighted by Crippen LogP contribution is -2.55. The van der Waals surface area contributed by atoms with Gasteiger partial charge >= 0.3 is 5.97 Å². The maximum Gasteiger partial charge on any atom is 0.310 e. The first-order valence-electron chi connectivity index (χ1n) is 13.7. The van der Waals surface area contributed by atoms with E-state index < -0.39 is 22.6 Å². The first kappa shape index (κ1) is 28.2. The van der Waals surface area contributed by atoms with E-state index in [1.165, 1.54) is 0 Å². The van der Waals surface area contributed by atoms with Crippen molar-refractivity contribution in [3.63, 3.8) is 0 Å². The Hall–Kier alpha value is -2.36. The molecule has 7 nitrogen and oxygen atoms in total. The second-order valence-electron chi connectivity index (χ2n) is 10.5. The van der Waals surface area contributed by atoms with Crippen molar-refractivity contribution < 1.29 is 24.2 Å². The van der Waals surface area contributed by atoms with Crippen molar-refractivity contribution >= 4 is 61.9 Å². The lowest BCUT2D eigenvalue weighted by molar-refractivity contribution is -0.153. The highest BCUT2D eigenvalue weighted by atomic mass is 79.9. The number of thioether (sulfide) groups is 1. The van der Waals surface area contributed by atoms with Crippen LogP contribution in [-0.4, -0.2) is 75.0 Å². The van der Waals surface area contributed by atoms with E-state index in [0.29, 0.717) is 32.4 Å². The van der Waals surface area contributed by atoms with E-state index in [4.69, 9.17) is 4.74 Å². The predicted octanol–water partition coefficient (Wildman–Crippen LogP) is 4.55. The maximum absolute atomic E-state index is 14.7. The van der Waals surface area contributed by atoms with E-state index in [9.17, 15) is 19.5 Å². The van der Waals surface area contributed by atoms with Crippen LogP contribution >= 0.6 is 27.7 Å². The number of halogens is 1. The van der Waals surface area contributed by atoms with E-state index in [1.54, 1.807) is 34.6 Å². The van der Waals surface area contributed by atoms with Gasteiger partial charge in [0.25, 0.3) is 5.91 Å². The number of rotatable bonds is 11. The zero-order valence-corrected chi connectivity index (χ0v) is 24.5. The molecular weight excluding hydrogens is 580 g/mol. The number of likely N-dealkylation sites (tertiary alicyclic amines) is 1. The van der Waals surface area contributed by atoms with Crippen LogP contribution in [0.25, 0.3) is 10.8 Å². The number of carbonyl (C=O) groups excluding carboxylic acids is 3. The van der Waals surface area contributed by atoms with Crippen LogP contribution in [0, 0.1) is 11.8 Å². The van der Waals surface area contributed by atoms with Gasteiger partial charge in [0.05, 0.1) is 23.2 Å². The van der Waals surface area contributed by atoms with Crippen LogP contribution in [0.15, 0.2) is 55.1 Å². The van der Waals surface area contributed by atoms with Crippen LogP contribution < -0.4 is 4.90 Å². The SMILES string of the molecule is C=CCN(C(=O)C1N(CCCCCO)C(=O)[C@@H]2[C@@H](C(=O)OCC)[C@@H]3SC12CC3Br)c1ccc2ccccc2c1. The van der Waals surface area contributed by atoms with Gasteiger partial charge in [-0.3, -0.25) is 14.4 Å². The van der Waals surface area contributed by atoms with Gasteiger partial charge in [-0.05, 0) is 55.5 Å². The zero-order valence-electron chi connectivity index (χ0n) is 22.1. The van der Waals surface area contributed by atoms with Gasteiger partial charge in [0, 0.05) is 35.5 Å². The molecule has 3 unspecified atom stereocenters. The van der Waals surface area contributed by atoms with Crippen molar-refractivity contribution in [3.8, 4) is 0 Å². The number of hydrogen-bond acceptors (Lipinski definition) is 6. The molecular formula is C30H35BrN2O5S. The molecule has 2 bridgehead atoms. The molecule has 3 heterocycles. The third-order valence-electron chi connectivity index (χ3n) is 8.26. The van der Waals surface area contributed by atoms with Crippen molar-refractivity contribution in [2.45, 2.75) is 53.5 Å². The number of esters is 1. The smallest absolute Gasteiger partial charge is 0.310 e. The number of alkyl halides is 1. The minimum atomic E-state index is -0.725. The number of carbonyl (C=O) groups is 3. The summed E-state index contributed by atoms with van der Waals surface area (Å²) in [7, 11) is 0. The molecule has 3 aliphatic heterocycles. The van der Waals surface area contributed by atoms with Crippen molar-refractivity contribution in [3.05, 3.63) is 55.1 Å². The summed E-state index contributed by atoms with van der Waals surface area (Å²) >= 11 is 5.41. The molecule has 3 aliphatic rings. The van der Waals surface area contributed by atoms with Gasteiger partial charge in [0.2, 0.25) is 5.91 Å². The van der Waals surface area contributed by atoms with Crippen LogP contribution in [0.3, 0.4) is 0 Å². The fraction of sp³-hybridized carbons (Fsp3) is 0.500. The van der Waals surface area contributed by atoms with E-state index in [2.05, 4.69) is 22.5 Å². The molecule has 1 spiro atoms. The first-order valence-corrected chi connectivity index (χ1v) is 15.5. The van der Waals surface area contributed by atoms with Crippen LogP contribution in [0.2, 0.25) is 0 Å². The topological polar surface area (TPSA) is 87.2 Å². The Bertz CT molecular complexity index is 1270. The number of hydrogen-bond donors (Lipinski definition) is 1. The van der Waals surface area contributed by atoms with Crippen LogP contribution in [0.1, 0.15) is 32.6 Å². The van der Waals surface area contributed by atoms with Gasteiger partial charge in [0.15, 0.2) is 0 Å². The number of anilines is 1. The van der Waals surface area contributed by atoms with Gasteiger partial charge in [-0.25, -0.2) is 0 Å². The van der Waals surface area contributed by atoms with Gasteiger partial charge in [0.1, 0.15) is 6.04 Å². The zero-order chi connectivity index (χ0) is 27.7. The second kappa shape index (κ2) is 11.6. The summed E-state index contributed by atoms with van der Waals surface area (Å²) in [4.78, 5) is 45.4. The molecule has 39 heavy (non-hydrogen) atoms. The lowest BCUT2D eigenvalue weighted by atomic mass is 9.71. The van der Waals surface area contributed by atoms with Crippen LogP contribution in [0.4, 0.5) is 5.69 Å². The van der Waals surface area contributed by atoms with Gasteiger partial charge in [-0.2, -0.15) is 0 Å². The van der Waals surface area contributed by atoms with Crippen LogP contribution in [-0.2, 0) is 19.1 Å². The van der Waals surface area contributed by atoms with Crippen molar-refractivity contribution in [2.75, 3.05) is 31.2 Å². The number of unbranched alkanes of at least 4 members (excludes halogenated alkanes) is 2. The molecule has 0 aliphatic carbocycles.